The van der Waals surface area contributed by atoms with Crippen LogP contribution in [0.2, 0.25) is 0 Å². The Bertz CT molecular complexity index is 501. The number of benzene rings is 1. The predicted octanol–water partition coefficient (Wildman–Crippen LogP) is 2.61. The van der Waals surface area contributed by atoms with Crippen LogP contribution in [-0.2, 0) is 9.59 Å². The van der Waals surface area contributed by atoms with E-state index in [9.17, 15) is 9.59 Å². The number of amides is 2. The molecule has 0 radical (unpaired) electrons. The van der Waals surface area contributed by atoms with Crippen LogP contribution in [0.5, 0.6) is 0 Å². The molecular formula is C17H24N2O2. The lowest BCUT2D eigenvalue weighted by Crippen LogP contribution is -2.48. The Morgan fingerprint density at radius 2 is 2.00 bits per heavy atom. The first-order valence-corrected chi connectivity index (χ1v) is 7.67. The molecule has 1 aliphatic rings. The van der Waals surface area contributed by atoms with Crippen LogP contribution >= 0.6 is 0 Å². The number of carbonyl (C=O) groups is 2. The molecule has 0 aromatic heterocycles. The van der Waals surface area contributed by atoms with E-state index in [-0.39, 0.29) is 23.9 Å². The molecule has 1 saturated heterocycles. The van der Waals surface area contributed by atoms with Gasteiger partial charge in [0.25, 0.3) is 0 Å². The highest BCUT2D eigenvalue weighted by Gasteiger charge is 2.34. The largest absolute Gasteiger partial charge is 0.337 e. The van der Waals surface area contributed by atoms with Gasteiger partial charge in [0.05, 0.1) is 6.04 Å². The molecule has 2 rings (SSSR count). The normalized spacial score (nSPS) is 17.7. The first-order chi connectivity index (χ1) is 10.1. The highest BCUT2D eigenvalue weighted by atomic mass is 16.2. The summed E-state index contributed by atoms with van der Waals surface area (Å²) in [6.45, 7) is 4.69. The molecule has 1 aliphatic heterocycles. The lowest BCUT2D eigenvalue weighted by atomic mass is 10.1. The van der Waals surface area contributed by atoms with Crippen molar-refractivity contribution in [3.63, 3.8) is 0 Å². The Hall–Kier alpha value is -1.84. The second-order valence-electron chi connectivity index (χ2n) is 5.65. The number of hydrogen-bond acceptors (Lipinski definition) is 2. The second kappa shape index (κ2) is 6.74. The van der Waals surface area contributed by atoms with Crippen molar-refractivity contribution in [3.05, 3.63) is 35.9 Å². The second-order valence-corrected chi connectivity index (χ2v) is 5.65. The van der Waals surface area contributed by atoms with E-state index >= 15 is 0 Å². The third kappa shape index (κ3) is 3.26. The van der Waals surface area contributed by atoms with E-state index in [1.165, 1.54) is 0 Å². The number of carbonyl (C=O) groups excluding carboxylic acids is 2. The van der Waals surface area contributed by atoms with E-state index in [0.717, 1.165) is 12.0 Å². The number of nitrogens with zero attached hydrogens (tertiary/aromatic N) is 2. The number of likely N-dealkylation sites (tertiary alicyclic amines) is 1. The van der Waals surface area contributed by atoms with Gasteiger partial charge in [0.15, 0.2) is 0 Å². The average Bonchev–Trinajstić information content (AvgIpc) is 2.93. The van der Waals surface area contributed by atoms with Gasteiger partial charge in [-0.15, -0.1) is 0 Å². The van der Waals surface area contributed by atoms with Gasteiger partial charge in [0, 0.05) is 20.0 Å². The fourth-order valence-corrected chi connectivity index (χ4v) is 2.91. The average molecular weight is 288 g/mol. The molecule has 2 atom stereocenters. The molecule has 1 heterocycles. The lowest BCUT2D eigenvalue weighted by Gasteiger charge is -2.33. The summed E-state index contributed by atoms with van der Waals surface area (Å²) in [7, 11) is 1.82. The van der Waals surface area contributed by atoms with Crippen LogP contribution in [0.25, 0.3) is 0 Å². The Balaban J connectivity index is 2.11. The minimum absolute atomic E-state index is 0.00505. The van der Waals surface area contributed by atoms with Gasteiger partial charge < -0.3 is 9.80 Å². The van der Waals surface area contributed by atoms with Gasteiger partial charge in [0.2, 0.25) is 11.8 Å². The molecule has 114 valence electrons. The summed E-state index contributed by atoms with van der Waals surface area (Å²) in [5.41, 5.74) is 1.11. The fourth-order valence-electron chi connectivity index (χ4n) is 2.91. The summed E-state index contributed by atoms with van der Waals surface area (Å²) in [5, 5.41) is 0. The molecule has 0 N–H and O–H groups in total. The van der Waals surface area contributed by atoms with E-state index in [1.807, 2.05) is 51.2 Å². The van der Waals surface area contributed by atoms with Gasteiger partial charge in [-0.1, -0.05) is 37.3 Å². The van der Waals surface area contributed by atoms with E-state index in [4.69, 9.17) is 0 Å². The van der Waals surface area contributed by atoms with Gasteiger partial charge >= 0.3 is 0 Å². The fraction of sp³-hybridized carbons (Fsp3) is 0.529. The van der Waals surface area contributed by atoms with Crippen molar-refractivity contribution >= 4 is 11.8 Å². The zero-order valence-electron chi connectivity index (χ0n) is 13.1. The minimum Gasteiger partial charge on any atom is -0.337 e. The zero-order chi connectivity index (χ0) is 15.4. The number of hydrogen-bond donors (Lipinski definition) is 0. The molecule has 1 fully saturated rings. The maximum absolute atomic E-state index is 12.8. The summed E-state index contributed by atoms with van der Waals surface area (Å²) in [6, 6.07) is 9.65. The zero-order valence-corrected chi connectivity index (χ0v) is 13.1. The van der Waals surface area contributed by atoms with Crippen molar-refractivity contribution in [2.24, 2.45) is 0 Å². The Labute approximate surface area is 126 Å². The van der Waals surface area contributed by atoms with Crippen LogP contribution in [0, 0.1) is 0 Å². The van der Waals surface area contributed by atoms with Crippen molar-refractivity contribution in [3.8, 4) is 0 Å². The smallest absolute Gasteiger partial charge is 0.245 e. The molecule has 0 spiro atoms. The number of rotatable bonds is 5. The van der Waals surface area contributed by atoms with Crippen LogP contribution in [0.15, 0.2) is 30.3 Å². The SMILES string of the molecule is CC[C@@H](C(=O)N(C)[C@@H](C)c1ccccc1)N1CCCC1=O. The van der Waals surface area contributed by atoms with Crippen LogP contribution in [-0.4, -0.2) is 41.2 Å². The van der Waals surface area contributed by atoms with Crippen molar-refractivity contribution < 1.29 is 9.59 Å². The molecule has 0 unspecified atom stereocenters. The molecule has 4 heteroatoms. The Morgan fingerprint density at radius 1 is 1.33 bits per heavy atom. The Kier molecular flexibility index (Phi) is 4.99. The number of likely N-dealkylation sites (N-methyl/N-ethyl adjacent to an activating group) is 1. The van der Waals surface area contributed by atoms with Gasteiger partial charge in [0.1, 0.15) is 6.04 Å². The minimum atomic E-state index is -0.323. The van der Waals surface area contributed by atoms with E-state index < -0.39 is 0 Å². The standard InChI is InChI=1S/C17H24N2O2/c1-4-15(19-12-8-11-16(19)20)17(21)18(3)13(2)14-9-6-5-7-10-14/h5-7,9-10,13,15H,4,8,11-12H2,1-3H3/t13-,15-/m0/s1. The molecule has 4 nitrogen and oxygen atoms in total. The lowest BCUT2D eigenvalue weighted by molar-refractivity contribution is -0.144. The molecule has 0 saturated carbocycles. The third-order valence-electron chi connectivity index (χ3n) is 4.37. The summed E-state index contributed by atoms with van der Waals surface area (Å²) in [4.78, 5) is 28.2. The van der Waals surface area contributed by atoms with Gasteiger partial charge in [-0.05, 0) is 25.3 Å². The molecule has 0 bridgehead atoms. The molecule has 1 aromatic rings. The van der Waals surface area contributed by atoms with Gasteiger partial charge in [-0.2, -0.15) is 0 Å². The van der Waals surface area contributed by atoms with Crippen molar-refractivity contribution in [2.45, 2.75) is 45.2 Å². The van der Waals surface area contributed by atoms with Crippen molar-refractivity contribution in [2.75, 3.05) is 13.6 Å². The molecule has 1 aromatic carbocycles. The molecule has 2 amide bonds. The molecule has 21 heavy (non-hydrogen) atoms. The van der Waals surface area contributed by atoms with E-state index in [2.05, 4.69) is 0 Å². The van der Waals surface area contributed by atoms with Gasteiger partial charge in [-0.3, -0.25) is 9.59 Å². The Morgan fingerprint density at radius 3 is 2.52 bits per heavy atom. The first-order valence-electron chi connectivity index (χ1n) is 7.67. The predicted molar refractivity (Wildman–Crippen MR) is 82.7 cm³/mol. The summed E-state index contributed by atoms with van der Waals surface area (Å²) >= 11 is 0. The monoisotopic (exact) mass is 288 g/mol. The summed E-state index contributed by atoms with van der Waals surface area (Å²) in [6.07, 6.45) is 2.10. The maximum Gasteiger partial charge on any atom is 0.245 e. The van der Waals surface area contributed by atoms with E-state index in [0.29, 0.717) is 19.4 Å². The van der Waals surface area contributed by atoms with Crippen LogP contribution < -0.4 is 0 Å². The quantitative estimate of drug-likeness (QED) is 0.835. The molecular weight excluding hydrogens is 264 g/mol. The highest BCUT2D eigenvalue weighted by molar-refractivity contribution is 5.88. The third-order valence-corrected chi connectivity index (χ3v) is 4.37. The topological polar surface area (TPSA) is 40.6 Å². The molecule has 0 aliphatic carbocycles. The highest BCUT2D eigenvalue weighted by Crippen LogP contribution is 2.23. The van der Waals surface area contributed by atoms with Gasteiger partial charge in [-0.25, -0.2) is 0 Å². The first kappa shape index (κ1) is 15.5. The van der Waals surface area contributed by atoms with Crippen molar-refractivity contribution in [1.29, 1.82) is 0 Å². The van der Waals surface area contributed by atoms with Crippen molar-refractivity contribution in [1.82, 2.24) is 9.80 Å². The maximum atomic E-state index is 12.8. The van der Waals surface area contributed by atoms with Crippen LogP contribution in [0.1, 0.15) is 44.7 Å². The summed E-state index contributed by atoms with van der Waals surface area (Å²) in [5.74, 6) is 0.139. The van der Waals surface area contributed by atoms with E-state index in [1.54, 1.807) is 9.80 Å². The van der Waals surface area contributed by atoms with Crippen LogP contribution in [0.4, 0.5) is 0 Å². The van der Waals surface area contributed by atoms with Crippen LogP contribution in [0.3, 0.4) is 0 Å². The summed E-state index contributed by atoms with van der Waals surface area (Å²) < 4.78 is 0.